The summed E-state index contributed by atoms with van der Waals surface area (Å²) < 4.78 is 11.8. The summed E-state index contributed by atoms with van der Waals surface area (Å²) in [7, 11) is 0. The first-order valence-corrected chi connectivity index (χ1v) is 9.72. The van der Waals surface area contributed by atoms with Gasteiger partial charge in [-0.25, -0.2) is 14.6 Å². The summed E-state index contributed by atoms with van der Waals surface area (Å²) in [5.74, 6) is 0.313. The van der Waals surface area contributed by atoms with Gasteiger partial charge in [-0.15, -0.1) is 0 Å². The quantitative estimate of drug-likeness (QED) is 0.481. The maximum absolute atomic E-state index is 12.5. The van der Waals surface area contributed by atoms with Crippen LogP contribution in [0.4, 0.5) is 10.6 Å². The van der Waals surface area contributed by atoms with Gasteiger partial charge in [-0.05, 0) is 43.7 Å². The van der Waals surface area contributed by atoms with Gasteiger partial charge in [-0.1, -0.05) is 36.4 Å². The highest BCUT2D eigenvalue weighted by atomic mass is 16.6. The Balaban J connectivity index is 1.74. The molecule has 0 unspecified atom stereocenters. The fourth-order valence-corrected chi connectivity index (χ4v) is 3.16. The SMILES string of the molecule is CCOC(=O)c1cnn(-c2cc(C)c3ccccc3n2)c1NC(=O)Oc1ccccc1. The van der Waals surface area contributed by atoms with Crippen LogP contribution in [0.25, 0.3) is 16.7 Å². The zero-order valence-electron chi connectivity index (χ0n) is 17.0. The van der Waals surface area contributed by atoms with Crippen molar-refractivity contribution in [1.82, 2.24) is 14.8 Å². The number of para-hydroxylation sites is 2. The van der Waals surface area contributed by atoms with Crippen molar-refractivity contribution >= 4 is 28.8 Å². The fourth-order valence-electron chi connectivity index (χ4n) is 3.16. The second kappa shape index (κ2) is 8.66. The van der Waals surface area contributed by atoms with Crippen LogP contribution in [0.5, 0.6) is 5.75 Å². The van der Waals surface area contributed by atoms with Gasteiger partial charge in [-0.3, -0.25) is 5.32 Å². The normalized spacial score (nSPS) is 10.6. The first-order chi connectivity index (χ1) is 15.1. The van der Waals surface area contributed by atoms with Gasteiger partial charge >= 0.3 is 12.1 Å². The summed E-state index contributed by atoms with van der Waals surface area (Å²) in [6.07, 6.45) is 0.568. The number of esters is 1. The molecule has 0 radical (unpaired) electrons. The molecule has 4 rings (SSSR count). The van der Waals surface area contributed by atoms with Gasteiger partial charge in [0.1, 0.15) is 11.3 Å². The predicted molar refractivity (Wildman–Crippen MR) is 116 cm³/mol. The lowest BCUT2D eigenvalue weighted by molar-refractivity contribution is 0.0527. The van der Waals surface area contributed by atoms with Gasteiger partial charge in [0.25, 0.3) is 0 Å². The van der Waals surface area contributed by atoms with E-state index in [2.05, 4.69) is 15.4 Å². The summed E-state index contributed by atoms with van der Waals surface area (Å²) >= 11 is 0. The number of ether oxygens (including phenoxy) is 2. The highest BCUT2D eigenvalue weighted by molar-refractivity contribution is 5.99. The van der Waals surface area contributed by atoms with Crippen LogP contribution in [0, 0.1) is 6.92 Å². The van der Waals surface area contributed by atoms with E-state index < -0.39 is 12.1 Å². The molecule has 0 aliphatic heterocycles. The van der Waals surface area contributed by atoms with E-state index in [4.69, 9.17) is 9.47 Å². The van der Waals surface area contributed by atoms with Crippen LogP contribution in [0.2, 0.25) is 0 Å². The number of amides is 1. The number of hydrogen-bond acceptors (Lipinski definition) is 6. The second-order valence-corrected chi connectivity index (χ2v) is 6.68. The van der Waals surface area contributed by atoms with Gasteiger partial charge in [0.05, 0.1) is 18.3 Å². The fraction of sp³-hybridized carbons (Fsp3) is 0.130. The molecule has 0 aliphatic rings. The Bertz CT molecular complexity index is 1250. The van der Waals surface area contributed by atoms with Crippen molar-refractivity contribution < 1.29 is 19.1 Å². The average molecular weight is 416 g/mol. The van der Waals surface area contributed by atoms with E-state index in [9.17, 15) is 9.59 Å². The summed E-state index contributed by atoms with van der Waals surface area (Å²) in [5, 5.41) is 7.89. The molecule has 2 aromatic heterocycles. The molecule has 0 saturated heterocycles. The number of carbonyl (C=O) groups excluding carboxylic acids is 2. The van der Waals surface area contributed by atoms with Gasteiger partial charge in [-0.2, -0.15) is 9.78 Å². The zero-order valence-corrected chi connectivity index (χ0v) is 17.0. The molecular weight excluding hydrogens is 396 g/mol. The molecule has 0 saturated carbocycles. The molecule has 0 fully saturated rings. The van der Waals surface area contributed by atoms with Gasteiger partial charge in [0.2, 0.25) is 0 Å². The summed E-state index contributed by atoms with van der Waals surface area (Å²) in [6.45, 7) is 3.85. The molecule has 4 aromatic rings. The molecule has 0 spiro atoms. The van der Waals surface area contributed by atoms with E-state index in [0.717, 1.165) is 16.5 Å². The Kier molecular flexibility index (Phi) is 5.61. The standard InChI is InChI=1S/C23H20N4O4/c1-3-30-22(28)18-14-24-27(20-13-15(2)17-11-7-8-12-19(17)25-20)21(18)26-23(29)31-16-9-5-4-6-10-16/h4-14H,3H2,1-2H3,(H,26,29). The molecule has 8 nitrogen and oxygen atoms in total. The van der Waals surface area contributed by atoms with Crippen molar-refractivity contribution in [3.8, 4) is 11.6 Å². The molecule has 0 atom stereocenters. The summed E-state index contributed by atoms with van der Waals surface area (Å²) in [5.41, 5.74) is 1.84. The lowest BCUT2D eigenvalue weighted by atomic mass is 10.1. The number of pyridine rings is 1. The number of aromatic nitrogens is 3. The first-order valence-electron chi connectivity index (χ1n) is 9.72. The Morgan fingerprint density at radius 3 is 2.58 bits per heavy atom. The minimum Gasteiger partial charge on any atom is -0.462 e. The van der Waals surface area contributed by atoms with E-state index >= 15 is 0 Å². The second-order valence-electron chi connectivity index (χ2n) is 6.68. The molecule has 1 N–H and O–H groups in total. The van der Waals surface area contributed by atoms with Crippen LogP contribution in [0.1, 0.15) is 22.8 Å². The number of rotatable bonds is 5. The third-order valence-corrected chi connectivity index (χ3v) is 4.57. The molecule has 1 amide bonds. The maximum atomic E-state index is 12.5. The summed E-state index contributed by atoms with van der Waals surface area (Å²) in [6, 6.07) is 18.1. The number of anilines is 1. The third-order valence-electron chi connectivity index (χ3n) is 4.57. The van der Waals surface area contributed by atoms with Crippen LogP contribution < -0.4 is 10.1 Å². The first kappa shape index (κ1) is 20.1. The molecule has 31 heavy (non-hydrogen) atoms. The number of nitrogens with zero attached hydrogens (tertiary/aromatic N) is 3. The van der Waals surface area contributed by atoms with Crippen LogP contribution >= 0.6 is 0 Å². The van der Waals surface area contributed by atoms with Crippen LogP contribution in [0.15, 0.2) is 66.9 Å². The topological polar surface area (TPSA) is 95.3 Å². The Hall–Kier alpha value is -4.20. The average Bonchev–Trinajstić information content (AvgIpc) is 3.18. The Morgan fingerprint density at radius 2 is 1.81 bits per heavy atom. The molecule has 2 heterocycles. The highest BCUT2D eigenvalue weighted by Crippen LogP contribution is 2.25. The number of benzene rings is 2. The number of hydrogen-bond donors (Lipinski definition) is 1. The minimum atomic E-state index is -0.768. The van der Waals surface area contributed by atoms with Gasteiger partial charge < -0.3 is 9.47 Å². The molecule has 8 heteroatoms. The van der Waals surface area contributed by atoms with E-state index in [0.29, 0.717) is 11.6 Å². The number of carbonyl (C=O) groups is 2. The third kappa shape index (κ3) is 4.23. The Morgan fingerprint density at radius 1 is 1.06 bits per heavy atom. The number of nitrogens with one attached hydrogen (secondary N) is 1. The van der Waals surface area contributed by atoms with Crippen molar-refractivity contribution in [3.05, 3.63) is 78.0 Å². The van der Waals surface area contributed by atoms with E-state index in [-0.39, 0.29) is 18.0 Å². The zero-order chi connectivity index (χ0) is 21.8. The number of aryl methyl sites for hydroxylation is 1. The lowest BCUT2D eigenvalue weighted by Gasteiger charge is -2.12. The lowest BCUT2D eigenvalue weighted by Crippen LogP contribution is -2.21. The van der Waals surface area contributed by atoms with Crippen molar-refractivity contribution in [2.45, 2.75) is 13.8 Å². The van der Waals surface area contributed by atoms with Crippen LogP contribution in [0.3, 0.4) is 0 Å². The van der Waals surface area contributed by atoms with Crippen molar-refractivity contribution in [2.75, 3.05) is 11.9 Å². The molecule has 0 aliphatic carbocycles. The monoisotopic (exact) mass is 416 g/mol. The molecule has 156 valence electrons. The summed E-state index contributed by atoms with van der Waals surface area (Å²) in [4.78, 5) is 29.6. The maximum Gasteiger partial charge on any atom is 0.418 e. The van der Waals surface area contributed by atoms with Crippen LogP contribution in [-0.4, -0.2) is 33.4 Å². The highest BCUT2D eigenvalue weighted by Gasteiger charge is 2.23. The predicted octanol–water partition coefficient (Wildman–Crippen LogP) is 4.52. The largest absolute Gasteiger partial charge is 0.462 e. The van der Waals surface area contributed by atoms with Gasteiger partial charge in [0, 0.05) is 5.39 Å². The van der Waals surface area contributed by atoms with E-state index in [1.165, 1.54) is 10.9 Å². The molecule has 2 aromatic carbocycles. The van der Waals surface area contributed by atoms with Crippen molar-refractivity contribution in [1.29, 1.82) is 0 Å². The minimum absolute atomic E-state index is 0.0967. The smallest absolute Gasteiger partial charge is 0.418 e. The van der Waals surface area contributed by atoms with Crippen molar-refractivity contribution in [2.24, 2.45) is 0 Å². The number of fused-ring (bicyclic) bond motifs is 1. The van der Waals surface area contributed by atoms with Crippen LogP contribution in [-0.2, 0) is 4.74 Å². The van der Waals surface area contributed by atoms with Gasteiger partial charge in [0.15, 0.2) is 11.6 Å². The molecule has 0 bridgehead atoms. The van der Waals surface area contributed by atoms with E-state index in [1.807, 2.05) is 43.3 Å². The van der Waals surface area contributed by atoms with Crippen molar-refractivity contribution in [3.63, 3.8) is 0 Å². The Labute approximate surface area is 178 Å². The van der Waals surface area contributed by atoms with E-state index in [1.54, 1.807) is 31.2 Å². The molecular formula is C23H20N4O4.